The number of allylic oxidation sites excluding steroid dienone is 2. The highest BCUT2D eigenvalue weighted by molar-refractivity contribution is 9.09. The molecule has 0 rings (SSSR count). The fourth-order valence-electron chi connectivity index (χ4n) is 0.977. The van der Waals surface area contributed by atoms with E-state index < -0.39 is 0 Å². The number of rotatable bonds is 6. The number of nitrogens with zero attached hydrogens (tertiary/aromatic N) is 1. The van der Waals surface area contributed by atoms with Gasteiger partial charge in [0.15, 0.2) is 0 Å². The molecule has 0 N–H and O–H groups in total. The molecule has 0 aliphatic rings. The SMILES string of the molecule is CCCCCCC=C(C#N)CBr. The summed E-state index contributed by atoms with van der Waals surface area (Å²) in [6.07, 6.45) is 8.16. The molecule has 0 fully saturated rings. The predicted molar refractivity (Wildman–Crippen MR) is 56.2 cm³/mol. The van der Waals surface area contributed by atoms with Gasteiger partial charge in [-0.05, 0) is 12.8 Å². The van der Waals surface area contributed by atoms with Crippen LogP contribution in [0.1, 0.15) is 39.0 Å². The van der Waals surface area contributed by atoms with Crippen molar-refractivity contribution in [1.29, 1.82) is 5.26 Å². The fourth-order valence-corrected chi connectivity index (χ4v) is 1.33. The molecule has 0 bridgehead atoms. The quantitative estimate of drug-likeness (QED) is 0.386. The standard InChI is InChI=1S/C10H16BrN/c1-2-3-4-5-6-7-10(8-11)9-12/h7H,2-6,8H2,1H3. The minimum Gasteiger partial charge on any atom is -0.193 e. The van der Waals surface area contributed by atoms with Crippen LogP contribution >= 0.6 is 15.9 Å². The van der Waals surface area contributed by atoms with Gasteiger partial charge in [0.1, 0.15) is 0 Å². The lowest BCUT2D eigenvalue weighted by atomic mass is 10.1. The van der Waals surface area contributed by atoms with E-state index in [-0.39, 0.29) is 0 Å². The third-order valence-electron chi connectivity index (χ3n) is 1.74. The Morgan fingerprint density at radius 2 is 2.17 bits per heavy atom. The van der Waals surface area contributed by atoms with Crippen molar-refractivity contribution in [2.45, 2.75) is 39.0 Å². The average molecular weight is 230 g/mol. The molecule has 2 heteroatoms. The zero-order valence-corrected chi connectivity index (χ0v) is 9.23. The molecule has 0 aromatic heterocycles. The Hall–Kier alpha value is -0.290. The van der Waals surface area contributed by atoms with E-state index in [1.165, 1.54) is 25.7 Å². The minimum atomic E-state index is 0.692. The molecule has 0 radical (unpaired) electrons. The van der Waals surface area contributed by atoms with E-state index in [4.69, 9.17) is 5.26 Å². The summed E-state index contributed by atoms with van der Waals surface area (Å²) >= 11 is 3.27. The van der Waals surface area contributed by atoms with E-state index in [1.807, 2.05) is 6.08 Å². The lowest BCUT2D eigenvalue weighted by Gasteiger charge is -1.94. The first-order chi connectivity index (χ1) is 5.85. The van der Waals surface area contributed by atoms with Crippen molar-refractivity contribution in [2.24, 2.45) is 0 Å². The van der Waals surface area contributed by atoms with Crippen LogP contribution in [-0.4, -0.2) is 5.33 Å². The van der Waals surface area contributed by atoms with Crippen molar-refractivity contribution < 1.29 is 0 Å². The maximum absolute atomic E-state index is 8.58. The summed E-state index contributed by atoms with van der Waals surface area (Å²) in [6, 6.07) is 2.16. The van der Waals surface area contributed by atoms with Crippen LogP contribution in [0, 0.1) is 11.3 Å². The highest BCUT2D eigenvalue weighted by atomic mass is 79.9. The van der Waals surface area contributed by atoms with Crippen LogP contribution in [-0.2, 0) is 0 Å². The molecule has 0 atom stereocenters. The van der Waals surface area contributed by atoms with Crippen LogP contribution in [0.15, 0.2) is 11.6 Å². The largest absolute Gasteiger partial charge is 0.193 e. The summed E-state index contributed by atoms with van der Waals surface area (Å²) in [7, 11) is 0. The van der Waals surface area contributed by atoms with Crippen LogP contribution < -0.4 is 0 Å². The first-order valence-electron chi connectivity index (χ1n) is 4.50. The lowest BCUT2D eigenvalue weighted by molar-refractivity contribution is 0.674. The lowest BCUT2D eigenvalue weighted by Crippen LogP contribution is -1.80. The summed E-state index contributed by atoms with van der Waals surface area (Å²) in [5, 5.41) is 9.27. The summed E-state index contributed by atoms with van der Waals surface area (Å²) in [4.78, 5) is 0. The Morgan fingerprint density at radius 1 is 1.42 bits per heavy atom. The Morgan fingerprint density at radius 3 is 2.67 bits per heavy atom. The van der Waals surface area contributed by atoms with E-state index in [2.05, 4.69) is 28.9 Å². The van der Waals surface area contributed by atoms with Gasteiger partial charge >= 0.3 is 0 Å². The van der Waals surface area contributed by atoms with Gasteiger partial charge in [-0.3, -0.25) is 0 Å². The Bertz CT molecular complexity index is 167. The summed E-state index contributed by atoms with van der Waals surface area (Å²) in [6.45, 7) is 2.20. The van der Waals surface area contributed by atoms with E-state index in [0.29, 0.717) is 5.33 Å². The normalized spacial score (nSPS) is 11.2. The number of hydrogen-bond donors (Lipinski definition) is 0. The van der Waals surface area contributed by atoms with Crippen LogP contribution in [0.2, 0.25) is 0 Å². The van der Waals surface area contributed by atoms with Gasteiger partial charge in [-0.25, -0.2) is 0 Å². The van der Waals surface area contributed by atoms with Gasteiger partial charge in [0.25, 0.3) is 0 Å². The minimum absolute atomic E-state index is 0.692. The molecule has 0 aliphatic carbocycles. The smallest absolute Gasteiger partial charge is 0.0952 e. The van der Waals surface area contributed by atoms with Crippen LogP contribution in [0.5, 0.6) is 0 Å². The Balaban J connectivity index is 3.40. The van der Waals surface area contributed by atoms with Crippen LogP contribution in [0.4, 0.5) is 0 Å². The molecule has 12 heavy (non-hydrogen) atoms. The van der Waals surface area contributed by atoms with Crippen molar-refractivity contribution in [3.8, 4) is 6.07 Å². The zero-order valence-electron chi connectivity index (χ0n) is 7.65. The van der Waals surface area contributed by atoms with Gasteiger partial charge in [0.2, 0.25) is 0 Å². The second-order valence-corrected chi connectivity index (χ2v) is 3.38. The molecule has 0 heterocycles. The Kier molecular flexibility index (Phi) is 8.59. The highest BCUT2D eigenvalue weighted by Crippen LogP contribution is 2.06. The summed E-state index contributed by atoms with van der Waals surface area (Å²) in [5.74, 6) is 0. The topological polar surface area (TPSA) is 23.8 Å². The molecule has 0 saturated heterocycles. The number of unbranched alkanes of at least 4 members (excludes halogenated alkanes) is 4. The van der Waals surface area contributed by atoms with E-state index in [1.54, 1.807) is 0 Å². The van der Waals surface area contributed by atoms with E-state index >= 15 is 0 Å². The summed E-state index contributed by atoms with van der Waals surface area (Å²) in [5.41, 5.74) is 0.853. The van der Waals surface area contributed by atoms with Crippen molar-refractivity contribution in [3.63, 3.8) is 0 Å². The van der Waals surface area contributed by atoms with E-state index in [9.17, 15) is 0 Å². The maximum atomic E-state index is 8.58. The first-order valence-corrected chi connectivity index (χ1v) is 5.62. The van der Waals surface area contributed by atoms with Crippen molar-refractivity contribution in [1.82, 2.24) is 0 Å². The van der Waals surface area contributed by atoms with Crippen molar-refractivity contribution in [2.75, 3.05) is 5.33 Å². The number of hydrogen-bond acceptors (Lipinski definition) is 1. The number of halogens is 1. The van der Waals surface area contributed by atoms with Gasteiger partial charge in [0.05, 0.1) is 6.07 Å². The average Bonchev–Trinajstić information content (AvgIpc) is 2.11. The maximum Gasteiger partial charge on any atom is 0.0952 e. The van der Waals surface area contributed by atoms with Gasteiger partial charge < -0.3 is 0 Å². The van der Waals surface area contributed by atoms with E-state index in [0.717, 1.165) is 12.0 Å². The second-order valence-electron chi connectivity index (χ2n) is 2.82. The van der Waals surface area contributed by atoms with Crippen LogP contribution in [0.3, 0.4) is 0 Å². The molecular weight excluding hydrogens is 214 g/mol. The van der Waals surface area contributed by atoms with Crippen molar-refractivity contribution >= 4 is 15.9 Å². The molecule has 1 nitrogen and oxygen atoms in total. The van der Waals surface area contributed by atoms with Gasteiger partial charge in [0, 0.05) is 10.9 Å². The number of alkyl halides is 1. The highest BCUT2D eigenvalue weighted by Gasteiger charge is 1.90. The third kappa shape index (κ3) is 6.42. The van der Waals surface area contributed by atoms with Crippen LogP contribution in [0.25, 0.3) is 0 Å². The molecule has 0 spiro atoms. The summed E-state index contributed by atoms with van der Waals surface area (Å²) < 4.78 is 0. The van der Waals surface area contributed by atoms with Gasteiger partial charge in [-0.2, -0.15) is 5.26 Å². The third-order valence-corrected chi connectivity index (χ3v) is 2.34. The molecule has 0 amide bonds. The molecule has 0 saturated carbocycles. The molecule has 0 aromatic carbocycles. The molecule has 0 aliphatic heterocycles. The zero-order chi connectivity index (χ0) is 9.23. The second kappa shape index (κ2) is 8.80. The molecule has 0 aromatic rings. The number of nitriles is 1. The molecular formula is C10H16BrN. The molecule has 0 unspecified atom stereocenters. The van der Waals surface area contributed by atoms with Gasteiger partial charge in [-0.1, -0.05) is 48.2 Å². The Labute approximate surface area is 83.6 Å². The van der Waals surface area contributed by atoms with Crippen molar-refractivity contribution in [3.05, 3.63) is 11.6 Å². The first kappa shape index (κ1) is 11.7. The monoisotopic (exact) mass is 229 g/mol. The fraction of sp³-hybridized carbons (Fsp3) is 0.700. The molecule has 68 valence electrons. The predicted octanol–water partition coefficient (Wildman–Crippen LogP) is 3.80. The van der Waals surface area contributed by atoms with Gasteiger partial charge in [-0.15, -0.1) is 0 Å².